The number of carbonyl (C=O) groups excluding carboxylic acids is 2. The molecule has 1 aliphatic rings. The number of hydrogen-bond donors (Lipinski definition) is 2. The van der Waals surface area contributed by atoms with Crippen molar-refractivity contribution in [2.75, 3.05) is 53.0 Å². The van der Waals surface area contributed by atoms with Gasteiger partial charge in [-0.15, -0.1) is 0 Å². The molecule has 1 saturated heterocycles. The first-order chi connectivity index (χ1) is 9.13. The van der Waals surface area contributed by atoms with Crippen LogP contribution >= 0.6 is 0 Å². The number of rotatable bonds is 6. The molecule has 110 valence electrons. The third-order valence-electron chi connectivity index (χ3n) is 2.92. The fraction of sp³-hybridized carbons (Fsp3) is 0.833. The van der Waals surface area contributed by atoms with Crippen LogP contribution in [0.1, 0.15) is 13.3 Å². The molecule has 7 heteroatoms. The number of carbonyl (C=O) groups is 2. The summed E-state index contributed by atoms with van der Waals surface area (Å²) in [5, 5.41) is 4.35. The largest absolute Gasteiger partial charge is 0.382 e. The van der Waals surface area contributed by atoms with Crippen LogP contribution < -0.4 is 10.7 Å². The minimum Gasteiger partial charge on any atom is -0.382 e. The molecule has 1 heterocycles. The number of piperazine rings is 1. The van der Waals surface area contributed by atoms with Crippen LogP contribution in [0.3, 0.4) is 0 Å². The predicted octanol–water partition coefficient (Wildman–Crippen LogP) is -1.19. The first kappa shape index (κ1) is 15.9. The topological polar surface area (TPSA) is 73.9 Å². The molecule has 0 saturated carbocycles. The van der Waals surface area contributed by atoms with Crippen molar-refractivity contribution in [3.8, 4) is 0 Å². The molecule has 7 nitrogen and oxygen atoms in total. The molecule has 2 N–H and O–H groups in total. The van der Waals surface area contributed by atoms with Crippen molar-refractivity contribution in [3.05, 3.63) is 0 Å². The van der Waals surface area contributed by atoms with Gasteiger partial charge in [-0.05, 0) is 20.4 Å². The molecule has 0 aromatic heterocycles. The van der Waals surface area contributed by atoms with Gasteiger partial charge < -0.3 is 15.0 Å². The number of ether oxygens (including phenoxy) is 1. The molecule has 1 fully saturated rings. The van der Waals surface area contributed by atoms with Gasteiger partial charge >= 0.3 is 11.8 Å². The summed E-state index contributed by atoms with van der Waals surface area (Å²) in [6, 6.07) is 0. The van der Waals surface area contributed by atoms with Gasteiger partial charge in [0.25, 0.3) is 0 Å². The Morgan fingerprint density at radius 3 is 2.47 bits per heavy atom. The maximum Gasteiger partial charge on any atom is 0.323 e. The minimum atomic E-state index is -0.596. The zero-order valence-corrected chi connectivity index (χ0v) is 11.8. The third kappa shape index (κ3) is 6.51. The third-order valence-corrected chi connectivity index (χ3v) is 2.92. The zero-order valence-electron chi connectivity index (χ0n) is 11.8. The lowest BCUT2D eigenvalue weighted by Crippen LogP contribution is -2.55. The highest BCUT2D eigenvalue weighted by Gasteiger charge is 2.19. The minimum absolute atomic E-state index is 0.453. The normalized spacial score (nSPS) is 17.2. The van der Waals surface area contributed by atoms with Crippen molar-refractivity contribution < 1.29 is 14.3 Å². The van der Waals surface area contributed by atoms with E-state index in [9.17, 15) is 9.59 Å². The van der Waals surface area contributed by atoms with Crippen molar-refractivity contribution in [3.63, 3.8) is 0 Å². The second-order valence-electron chi connectivity index (χ2n) is 4.54. The fourth-order valence-electron chi connectivity index (χ4n) is 1.71. The average molecular weight is 272 g/mol. The van der Waals surface area contributed by atoms with Gasteiger partial charge in [0.15, 0.2) is 0 Å². The highest BCUT2D eigenvalue weighted by molar-refractivity contribution is 6.34. The summed E-state index contributed by atoms with van der Waals surface area (Å²) < 4.78 is 5.14. The van der Waals surface area contributed by atoms with E-state index in [0.29, 0.717) is 26.2 Å². The Bertz CT molecular complexity index is 291. The Balaban J connectivity index is 2.12. The second kappa shape index (κ2) is 8.84. The average Bonchev–Trinajstić information content (AvgIpc) is 2.41. The first-order valence-electron chi connectivity index (χ1n) is 6.73. The highest BCUT2D eigenvalue weighted by atomic mass is 16.5. The quantitative estimate of drug-likeness (QED) is 0.470. The Kier molecular flexibility index (Phi) is 7.39. The zero-order chi connectivity index (χ0) is 14.1. The molecular formula is C12H24N4O3. The number of amides is 2. The Labute approximate surface area is 114 Å². The molecule has 0 aromatic rings. The van der Waals surface area contributed by atoms with Gasteiger partial charge in [0.1, 0.15) is 0 Å². The predicted molar refractivity (Wildman–Crippen MR) is 71.3 cm³/mol. The van der Waals surface area contributed by atoms with Crippen LogP contribution in [-0.2, 0) is 14.3 Å². The second-order valence-corrected chi connectivity index (χ2v) is 4.54. The summed E-state index contributed by atoms with van der Waals surface area (Å²) >= 11 is 0. The van der Waals surface area contributed by atoms with E-state index in [1.54, 1.807) is 5.01 Å². The molecule has 0 aromatic carbocycles. The first-order valence-corrected chi connectivity index (χ1v) is 6.73. The molecule has 2 amide bonds. The number of hydrogen-bond acceptors (Lipinski definition) is 5. The van der Waals surface area contributed by atoms with Gasteiger partial charge in [-0.2, -0.15) is 0 Å². The molecule has 1 aliphatic heterocycles. The molecular weight excluding hydrogens is 248 g/mol. The molecule has 0 spiro atoms. The van der Waals surface area contributed by atoms with Crippen LogP contribution in [0.5, 0.6) is 0 Å². The van der Waals surface area contributed by atoms with Crippen LogP contribution in [-0.4, -0.2) is 74.7 Å². The van der Waals surface area contributed by atoms with Crippen LogP contribution in [0.2, 0.25) is 0 Å². The van der Waals surface area contributed by atoms with Gasteiger partial charge in [0.05, 0.1) is 0 Å². The van der Waals surface area contributed by atoms with Gasteiger partial charge in [-0.25, -0.2) is 5.01 Å². The lowest BCUT2D eigenvalue weighted by atomic mass is 10.4. The lowest BCUT2D eigenvalue weighted by Gasteiger charge is -2.32. The summed E-state index contributed by atoms with van der Waals surface area (Å²) in [6.45, 7) is 6.87. The molecule has 1 rings (SSSR count). The summed E-state index contributed by atoms with van der Waals surface area (Å²) in [6.07, 6.45) is 0.710. The van der Waals surface area contributed by atoms with E-state index in [2.05, 4.69) is 15.6 Å². The van der Waals surface area contributed by atoms with Gasteiger partial charge in [0, 0.05) is 45.9 Å². The SMILES string of the molecule is CCOCCCNC(=O)C(=O)NN1CCN(C)CC1. The van der Waals surface area contributed by atoms with E-state index >= 15 is 0 Å². The fourth-order valence-corrected chi connectivity index (χ4v) is 1.71. The molecule has 0 radical (unpaired) electrons. The van der Waals surface area contributed by atoms with Crippen LogP contribution in [0.25, 0.3) is 0 Å². The summed E-state index contributed by atoms with van der Waals surface area (Å²) in [4.78, 5) is 25.3. The summed E-state index contributed by atoms with van der Waals surface area (Å²) in [7, 11) is 2.03. The van der Waals surface area contributed by atoms with Crippen molar-refractivity contribution in [1.82, 2.24) is 20.7 Å². The number of nitrogens with one attached hydrogen (secondary N) is 2. The number of nitrogens with zero attached hydrogens (tertiary/aromatic N) is 2. The number of likely N-dealkylation sites (N-methyl/N-ethyl adjacent to an activating group) is 1. The summed E-state index contributed by atoms with van der Waals surface area (Å²) in [5.41, 5.74) is 2.62. The summed E-state index contributed by atoms with van der Waals surface area (Å²) in [5.74, 6) is -1.18. The molecule has 0 atom stereocenters. The molecule has 0 bridgehead atoms. The van der Waals surface area contributed by atoms with Crippen molar-refractivity contribution in [2.24, 2.45) is 0 Å². The van der Waals surface area contributed by atoms with E-state index in [-0.39, 0.29) is 0 Å². The number of hydrazine groups is 1. The Morgan fingerprint density at radius 1 is 1.16 bits per heavy atom. The maximum atomic E-state index is 11.6. The van der Waals surface area contributed by atoms with Crippen molar-refractivity contribution >= 4 is 11.8 Å². The highest BCUT2D eigenvalue weighted by Crippen LogP contribution is 1.95. The maximum absolute atomic E-state index is 11.6. The van der Waals surface area contributed by atoms with Crippen LogP contribution in [0.4, 0.5) is 0 Å². The van der Waals surface area contributed by atoms with Gasteiger partial charge in [-0.1, -0.05) is 0 Å². The van der Waals surface area contributed by atoms with E-state index in [1.165, 1.54) is 0 Å². The lowest BCUT2D eigenvalue weighted by molar-refractivity contribution is -0.142. The molecule has 0 aliphatic carbocycles. The smallest absolute Gasteiger partial charge is 0.323 e. The van der Waals surface area contributed by atoms with Gasteiger partial charge in [0.2, 0.25) is 0 Å². The molecule has 0 unspecified atom stereocenters. The Hall–Kier alpha value is -1.18. The van der Waals surface area contributed by atoms with E-state index in [0.717, 1.165) is 26.2 Å². The van der Waals surface area contributed by atoms with Crippen LogP contribution in [0, 0.1) is 0 Å². The van der Waals surface area contributed by atoms with E-state index in [4.69, 9.17) is 4.74 Å². The van der Waals surface area contributed by atoms with E-state index < -0.39 is 11.8 Å². The Morgan fingerprint density at radius 2 is 1.84 bits per heavy atom. The standard InChI is InChI=1S/C12H24N4O3/c1-3-19-10-4-5-13-11(17)12(18)14-16-8-6-15(2)7-9-16/h3-10H2,1-2H3,(H,13,17)(H,14,18). The van der Waals surface area contributed by atoms with Crippen LogP contribution in [0.15, 0.2) is 0 Å². The van der Waals surface area contributed by atoms with E-state index in [1.807, 2.05) is 14.0 Å². The molecule has 19 heavy (non-hydrogen) atoms. The monoisotopic (exact) mass is 272 g/mol. The van der Waals surface area contributed by atoms with Crippen molar-refractivity contribution in [2.45, 2.75) is 13.3 Å². The van der Waals surface area contributed by atoms with Gasteiger partial charge in [-0.3, -0.25) is 15.0 Å². The van der Waals surface area contributed by atoms with Crippen molar-refractivity contribution in [1.29, 1.82) is 0 Å².